The molecule has 108 valence electrons. The highest BCUT2D eigenvalue weighted by molar-refractivity contribution is 6.31. The summed E-state index contributed by atoms with van der Waals surface area (Å²) in [5.41, 5.74) is 0.523. The lowest BCUT2D eigenvalue weighted by molar-refractivity contribution is 0.124. The summed E-state index contributed by atoms with van der Waals surface area (Å²) in [4.78, 5) is 16.5. The van der Waals surface area contributed by atoms with Crippen LogP contribution in [-0.4, -0.2) is 48.1 Å². The predicted octanol–water partition coefficient (Wildman–Crippen LogP) is 2.79. The van der Waals surface area contributed by atoms with Gasteiger partial charge in [-0.1, -0.05) is 11.6 Å². The van der Waals surface area contributed by atoms with Crippen LogP contribution in [0.1, 0.15) is 12.8 Å². The largest absolute Gasteiger partial charge is 0.322 e. The third-order valence-electron chi connectivity index (χ3n) is 4.05. The fourth-order valence-electron chi connectivity index (χ4n) is 2.95. The molecule has 1 atom stereocenters. The van der Waals surface area contributed by atoms with Gasteiger partial charge in [0.1, 0.15) is 5.82 Å². The van der Waals surface area contributed by atoms with Crippen molar-refractivity contribution in [2.24, 2.45) is 0 Å². The number of fused-ring (bicyclic) bond motifs is 1. The number of nitrogens with zero attached hydrogens (tertiary/aromatic N) is 2. The van der Waals surface area contributed by atoms with Crippen LogP contribution < -0.4 is 5.32 Å². The number of carbonyl (C=O) groups is 1. The van der Waals surface area contributed by atoms with E-state index in [4.69, 9.17) is 11.6 Å². The van der Waals surface area contributed by atoms with Gasteiger partial charge in [0.25, 0.3) is 0 Å². The van der Waals surface area contributed by atoms with Crippen molar-refractivity contribution in [3.63, 3.8) is 0 Å². The van der Waals surface area contributed by atoms with E-state index >= 15 is 0 Å². The number of anilines is 1. The molecule has 2 amide bonds. The SMILES string of the molecule is O=C(Nc1ccc(F)c(Cl)c1)N1CCN2CCCC2C1. The van der Waals surface area contributed by atoms with Gasteiger partial charge in [0.15, 0.2) is 0 Å². The molecule has 2 fully saturated rings. The van der Waals surface area contributed by atoms with Gasteiger partial charge < -0.3 is 10.2 Å². The fourth-order valence-corrected chi connectivity index (χ4v) is 3.13. The maximum atomic E-state index is 13.1. The highest BCUT2D eigenvalue weighted by atomic mass is 35.5. The molecule has 2 heterocycles. The highest BCUT2D eigenvalue weighted by Gasteiger charge is 2.32. The monoisotopic (exact) mass is 297 g/mol. The number of piperazine rings is 1. The minimum Gasteiger partial charge on any atom is -0.322 e. The number of rotatable bonds is 1. The lowest BCUT2D eigenvalue weighted by Gasteiger charge is -2.37. The Hall–Kier alpha value is -1.33. The van der Waals surface area contributed by atoms with Crippen LogP contribution in [0.5, 0.6) is 0 Å². The van der Waals surface area contributed by atoms with Crippen LogP contribution in [0.2, 0.25) is 5.02 Å². The fraction of sp³-hybridized carbons (Fsp3) is 0.500. The van der Waals surface area contributed by atoms with Gasteiger partial charge in [-0.05, 0) is 37.6 Å². The molecule has 1 aromatic carbocycles. The van der Waals surface area contributed by atoms with Crippen molar-refractivity contribution in [3.8, 4) is 0 Å². The number of halogens is 2. The van der Waals surface area contributed by atoms with Crippen LogP contribution in [0.4, 0.5) is 14.9 Å². The topological polar surface area (TPSA) is 35.6 Å². The zero-order valence-corrected chi connectivity index (χ0v) is 11.9. The lowest BCUT2D eigenvalue weighted by Crippen LogP contribution is -2.53. The first-order valence-electron chi connectivity index (χ1n) is 6.88. The molecule has 0 saturated carbocycles. The molecule has 0 spiro atoms. The second-order valence-corrected chi connectivity index (χ2v) is 5.74. The van der Waals surface area contributed by atoms with Gasteiger partial charge in [0.2, 0.25) is 0 Å². The number of carbonyl (C=O) groups excluding carboxylic acids is 1. The number of amides is 2. The zero-order chi connectivity index (χ0) is 14.1. The predicted molar refractivity (Wildman–Crippen MR) is 76.6 cm³/mol. The molecule has 2 saturated heterocycles. The first-order valence-corrected chi connectivity index (χ1v) is 7.26. The van der Waals surface area contributed by atoms with Gasteiger partial charge in [-0.15, -0.1) is 0 Å². The summed E-state index contributed by atoms with van der Waals surface area (Å²) in [6.07, 6.45) is 2.37. The van der Waals surface area contributed by atoms with Gasteiger partial charge >= 0.3 is 6.03 Å². The molecular formula is C14H17ClFN3O. The average molecular weight is 298 g/mol. The molecule has 0 bridgehead atoms. The van der Waals surface area contributed by atoms with Crippen molar-refractivity contribution in [2.75, 3.05) is 31.5 Å². The molecule has 6 heteroatoms. The van der Waals surface area contributed by atoms with E-state index in [9.17, 15) is 9.18 Å². The van der Waals surface area contributed by atoms with Gasteiger partial charge in [-0.3, -0.25) is 4.90 Å². The Morgan fingerprint density at radius 1 is 1.35 bits per heavy atom. The van der Waals surface area contributed by atoms with E-state index in [0.717, 1.165) is 32.6 Å². The van der Waals surface area contributed by atoms with Crippen molar-refractivity contribution >= 4 is 23.3 Å². The zero-order valence-electron chi connectivity index (χ0n) is 11.1. The summed E-state index contributed by atoms with van der Waals surface area (Å²) < 4.78 is 13.1. The third kappa shape index (κ3) is 2.74. The Bertz CT molecular complexity index is 525. The molecule has 4 nitrogen and oxygen atoms in total. The van der Waals surface area contributed by atoms with Crippen molar-refractivity contribution in [2.45, 2.75) is 18.9 Å². The summed E-state index contributed by atoms with van der Waals surface area (Å²) >= 11 is 5.71. The van der Waals surface area contributed by atoms with Crippen LogP contribution in [0.3, 0.4) is 0 Å². The number of urea groups is 1. The van der Waals surface area contributed by atoms with Crippen LogP contribution in [0.25, 0.3) is 0 Å². The maximum absolute atomic E-state index is 13.1. The minimum absolute atomic E-state index is 0.0170. The Morgan fingerprint density at radius 2 is 2.20 bits per heavy atom. The molecule has 0 aromatic heterocycles. The molecule has 1 unspecified atom stereocenters. The summed E-state index contributed by atoms with van der Waals surface area (Å²) in [7, 11) is 0. The first kappa shape index (κ1) is 13.6. The van der Waals surface area contributed by atoms with E-state index in [0.29, 0.717) is 11.7 Å². The summed E-state index contributed by atoms with van der Waals surface area (Å²) in [5, 5.41) is 2.79. The molecule has 0 aliphatic carbocycles. The molecule has 20 heavy (non-hydrogen) atoms. The van der Waals surface area contributed by atoms with Crippen molar-refractivity contribution in [1.82, 2.24) is 9.80 Å². The van der Waals surface area contributed by atoms with Crippen LogP contribution >= 0.6 is 11.6 Å². The van der Waals surface area contributed by atoms with Crippen LogP contribution in [0, 0.1) is 5.82 Å². The van der Waals surface area contributed by atoms with Gasteiger partial charge in [-0.25, -0.2) is 9.18 Å². The molecule has 2 aliphatic heterocycles. The van der Waals surface area contributed by atoms with Crippen molar-refractivity contribution in [1.29, 1.82) is 0 Å². The van der Waals surface area contributed by atoms with E-state index in [1.807, 2.05) is 4.90 Å². The van der Waals surface area contributed by atoms with Crippen LogP contribution in [0.15, 0.2) is 18.2 Å². The second kappa shape index (κ2) is 5.58. The van der Waals surface area contributed by atoms with Crippen molar-refractivity contribution in [3.05, 3.63) is 29.0 Å². The standard InChI is InChI=1S/C14H17ClFN3O/c15-12-8-10(3-4-13(12)16)17-14(20)19-7-6-18-5-1-2-11(18)9-19/h3-4,8,11H,1-2,5-7,9H2,(H,17,20). The highest BCUT2D eigenvalue weighted by Crippen LogP contribution is 2.23. The number of hydrogen-bond donors (Lipinski definition) is 1. The third-order valence-corrected chi connectivity index (χ3v) is 4.34. The Kier molecular flexibility index (Phi) is 3.81. The van der Waals surface area contributed by atoms with Gasteiger partial charge in [0, 0.05) is 31.4 Å². The normalized spacial score (nSPS) is 22.7. The number of hydrogen-bond acceptors (Lipinski definition) is 2. The van der Waals surface area contributed by atoms with Crippen LogP contribution in [-0.2, 0) is 0 Å². The Morgan fingerprint density at radius 3 is 3.00 bits per heavy atom. The van der Waals surface area contributed by atoms with E-state index in [1.54, 1.807) is 0 Å². The summed E-state index contributed by atoms with van der Waals surface area (Å²) in [6.45, 7) is 3.58. The Balaban J connectivity index is 1.62. The molecular weight excluding hydrogens is 281 g/mol. The van der Waals surface area contributed by atoms with E-state index in [2.05, 4.69) is 10.2 Å². The van der Waals surface area contributed by atoms with Gasteiger partial charge in [0.05, 0.1) is 5.02 Å². The minimum atomic E-state index is -0.482. The number of benzene rings is 1. The number of nitrogens with one attached hydrogen (secondary N) is 1. The molecule has 3 rings (SSSR count). The quantitative estimate of drug-likeness (QED) is 0.865. The van der Waals surface area contributed by atoms with E-state index < -0.39 is 5.82 Å². The molecule has 1 N–H and O–H groups in total. The summed E-state index contributed by atoms with van der Waals surface area (Å²) in [6, 6.07) is 4.56. The second-order valence-electron chi connectivity index (χ2n) is 5.34. The first-order chi connectivity index (χ1) is 9.63. The Labute approximate surface area is 122 Å². The maximum Gasteiger partial charge on any atom is 0.321 e. The lowest BCUT2D eigenvalue weighted by atomic mass is 10.1. The molecule has 0 radical (unpaired) electrons. The van der Waals surface area contributed by atoms with Crippen molar-refractivity contribution < 1.29 is 9.18 Å². The summed E-state index contributed by atoms with van der Waals surface area (Å²) in [5.74, 6) is -0.482. The molecule has 2 aliphatic rings. The van der Waals surface area contributed by atoms with Gasteiger partial charge in [-0.2, -0.15) is 0 Å². The molecule has 1 aromatic rings. The smallest absolute Gasteiger partial charge is 0.321 e. The average Bonchev–Trinajstić information content (AvgIpc) is 2.90. The van der Waals surface area contributed by atoms with E-state index in [1.165, 1.54) is 24.6 Å². The van der Waals surface area contributed by atoms with E-state index in [-0.39, 0.29) is 11.1 Å².